The topological polar surface area (TPSA) is 89.4 Å². The van der Waals surface area contributed by atoms with Crippen LogP contribution < -0.4 is 5.84 Å². The number of aliphatic imine (C=N–C) groups is 1. The van der Waals surface area contributed by atoms with Crippen LogP contribution in [0.15, 0.2) is 28.3 Å². The Morgan fingerprint density at radius 2 is 2.07 bits per heavy atom. The summed E-state index contributed by atoms with van der Waals surface area (Å²) < 4.78 is 11.3. The molecule has 1 aromatic carbocycles. The molecule has 0 amide bonds. The van der Waals surface area contributed by atoms with E-state index in [-0.39, 0.29) is 17.4 Å². The highest BCUT2D eigenvalue weighted by Gasteiger charge is 2.28. The fourth-order valence-corrected chi connectivity index (χ4v) is 2.82. The number of hydrogen-bond donors (Lipinski definition) is 2. The lowest BCUT2D eigenvalue weighted by Gasteiger charge is -2.33. The van der Waals surface area contributed by atoms with Gasteiger partial charge in [-0.1, -0.05) is 31.8 Å². The summed E-state index contributed by atoms with van der Waals surface area (Å²) >= 11 is 0. The Morgan fingerprint density at radius 3 is 2.71 bits per heavy atom. The van der Waals surface area contributed by atoms with Gasteiger partial charge in [-0.3, -0.25) is 4.99 Å². The number of rotatable bonds is 5. The highest BCUT2D eigenvalue weighted by atomic mass is 16.7. The Bertz CT molecular complexity index is 806. The van der Waals surface area contributed by atoms with Crippen molar-refractivity contribution in [1.82, 2.24) is 0 Å². The maximum absolute atomic E-state index is 10.8. The molecule has 6 nitrogen and oxygen atoms in total. The van der Waals surface area contributed by atoms with Crippen molar-refractivity contribution in [3.8, 4) is 11.8 Å². The fourth-order valence-electron chi connectivity index (χ4n) is 2.82. The first-order chi connectivity index (χ1) is 13.4. The zero-order valence-electron chi connectivity index (χ0n) is 16.8. The third-order valence-corrected chi connectivity index (χ3v) is 4.80. The monoisotopic (exact) mass is 383 g/mol. The van der Waals surface area contributed by atoms with Gasteiger partial charge in [0.25, 0.3) is 0 Å². The molecule has 1 saturated carbocycles. The van der Waals surface area contributed by atoms with Crippen molar-refractivity contribution < 1.29 is 14.6 Å². The van der Waals surface area contributed by atoms with Crippen molar-refractivity contribution in [3.63, 3.8) is 0 Å². The molecule has 1 unspecified atom stereocenters. The molecule has 0 radical (unpaired) electrons. The minimum atomic E-state index is -0.969. The molecule has 1 atom stereocenters. The molecule has 1 aliphatic heterocycles. The highest BCUT2D eigenvalue weighted by Crippen LogP contribution is 2.28. The molecule has 1 heterocycles. The summed E-state index contributed by atoms with van der Waals surface area (Å²) in [6.07, 6.45) is 2.49. The molecule has 6 heteroatoms. The van der Waals surface area contributed by atoms with E-state index in [2.05, 4.69) is 35.8 Å². The second-order valence-corrected chi connectivity index (χ2v) is 8.28. The van der Waals surface area contributed by atoms with Gasteiger partial charge in [-0.25, -0.2) is 0 Å². The van der Waals surface area contributed by atoms with Crippen molar-refractivity contribution >= 4 is 11.9 Å². The summed E-state index contributed by atoms with van der Waals surface area (Å²) in [6.45, 7) is 7.70. The number of benzene rings is 1. The normalized spacial score (nSPS) is 21.4. The van der Waals surface area contributed by atoms with Crippen LogP contribution in [0.2, 0.25) is 0 Å². The zero-order chi connectivity index (χ0) is 20.1. The minimum Gasteiger partial charge on any atom is -0.382 e. The molecule has 0 aromatic heterocycles. The first-order valence-electron chi connectivity index (χ1n) is 9.69. The lowest BCUT2D eigenvalue weighted by molar-refractivity contribution is -0.215. The van der Waals surface area contributed by atoms with Gasteiger partial charge < -0.3 is 20.4 Å². The summed E-state index contributed by atoms with van der Waals surface area (Å²) in [4.78, 5) is 4.31. The van der Waals surface area contributed by atoms with E-state index in [1.165, 1.54) is 19.1 Å². The second kappa shape index (κ2) is 8.87. The average Bonchev–Trinajstić information content (AvgIpc) is 3.50. The molecule has 28 heavy (non-hydrogen) atoms. The Balaban J connectivity index is 1.64. The van der Waals surface area contributed by atoms with Crippen molar-refractivity contribution in [3.05, 3.63) is 34.9 Å². The number of hydrazone groups is 1. The molecule has 3 rings (SSSR count). The number of aryl methyl sites for hydroxylation is 1. The van der Waals surface area contributed by atoms with Crippen molar-refractivity contribution in [2.45, 2.75) is 46.0 Å². The SMILES string of the molecule is Cc1ccc(C#CC2CC2)cc1C(O)/C(C=NCC1OCC(C)(C)CO1)=N/N. The van der Waals surface area contributed by atoms with Gasteiger partial charge in [0, 0.05) is 23.1 Å². The molecular formula is C22H29N3O3. The van der Waals surface area contributed by atoms with E-state index in [0.29, 0.717) is 25.7 Å². The molecule has 3 N–H and O–H groups in total. The van der Waals surface area contributed by atoms with E-state index in [9.17, 15) is 5.11 Å². The van der Waals surface area contributed by atoms with Gasteiger partial charge in [0.2, 0.25) is 0 Å². The zero-order valence-corrected chi connectivity index (χ0v) is 16.8. The van der Waals surface area contributed by atoms with Crippen LogP contribution in [-0.2, 0) is 9.47 Å². The minimum absolute atomic E-state index is 0.0191. The van der Waals surface area contributed by atoms with Crippen LogP contribution in [0, 0.1) is 30.1 Å². The molecule has 1 saturated heterocycles. The number of aliphatic hydroxyl groups excluding tert-OH is 1. The van der Waals surface area contributed by atoms with Gasteiger partial charge in [-0.05, 0) is 43.0 Å². The lowest BCUT2D eigenvalue weighted by atomic mass is 9.96. The van der Waals surface area contributed by atoms with Gasteiger partial charge in [0.05, 0.1) is 19.8 Å². The third-order valence-electron chi connectivity index (χ3n) is 4.80. The van der Waals surface area contributed by atoms with Crippen LogP contribution in [-0.4, -0.2) is 43.1 Å². The number of nitrogens with zero attached hydrogens (tertiary/aromatic N) is 2. The van der Waals surface area contributed by atoms with Crippen LogP contribution in [0.5, 0.6) is 0 Å². The molecule has 2 fully saturated rings. The van der Waals surface area contributed by atoms with E-state index in [4.69, 9.17) is 15.3 Å². The maximum Gasteiger partial charge on any atom is 0.176 e. The maximum atomic E-state index is 10.8. The summed E-state index contributed by atoms with van der Waals surface area (Å²) in [7, 11) is 0. The van der Waals surface area contributed by atoms with Gasteiger partial charge in [-0.2, -0.15) is 5.10 Å². The van der Waals surface area contributed by atoms with Crippen LogP contribution in [0.25, 0.3) is 0 Å². The Labute approximate surface area is 166 Å². The van der Waals surface area contributed by atoms with E-state index < -0.39 is 6.10 Å². The first kappa shape index (κ1) is 20.5. The quantitative estimate of drug-likeness (QED) is 0.354. The molecular weight excluding hydrogens is 354 g/mol. The molecule has 0 spiro atoms. The summed E-state index contributed by atoms with van der Waals surface area (Å²) in [5.74, 6) is 12.4. The summed E-state index contributed by atoms with van der Waals surface area (Å²) in [6, 6.07) is 5.81. The number of hydrogen-bond acceptors (Lipinski definition) is 6. The van der Waals surface area contributed by atoms with Crippen LogP contribution >= 0.6 is 0 Å². The third kappa shape index (κ3) is 5.65. The first-order valence-corrected chi connectivity index (χ1v) is 9.69. The van der Waals surface area contributed by atoms with Crippen LogP contribution in [0.4, 0.5) is 0 Å². The Hall–Kier alpha value is -2.20. The average molecular weight is 383 g/mol. The summed E-state index contributed by atoms with van der Waals surface area (Å²) in [5, 5.41) is 14.5. The molecule has 150 valence electrons. The van der Waals surface area contributed by atoms with E-state index in [1.807, 2.05) is 25.1 Å². The lowest BCUT2D eigenvalue weighted by Crippen LogP contribution is -2.39. The Kier molecular flexibility index (Phi) is 6.50. The fraction of sp³-hybridized carbons (Fsp3) is 0.545. The molecule has 0 bridgehead atoms. The number of nitrogens with two attached hydrogens (primary N) is 1. The number of ether oxygens (including phenoxy) is 2. The molecule has 1 aliphatic carbocycles. The molecule has 1 aromatic rings. The Morgan fingerprint density at radius 1 is 1.36 bits per heavy atom. The number of aliphatic hydroxyl groups is 1. The van der Waals surface area contributed by atoms with E-state index >= 15 is 0 Å². The predicted octanol–water partition coefficient (Wildman–Crippen LogP) is 2.57. The highest BCUT2D eigenvalue weighted by molar-refractivity contribution is 6.32. The smallest absolute Gasteiger partial charge is 0.176 e. The van der Waals surface area contributed by atoms with E-state index in [0.717, 1.165) is 16.7 Å². The van der Waals surface area contributed by atoms with Gasteiger partial charge in [0.15, 0.2) is 6.29 Å². The van der Waals surface area contributed by atoms with Gasteiger partial charge in [0.1, 0.15) is 11.8 Å². The van der Waals surface area contributed by atoms with Gasteiger partial charge >= 0.3 is 0 Å². The standard InChI is InChI=1S/C22H29N3O3/c1-15-4-5-17(9-8-16-6-7-16)10-18(15)21(26)19(25-23)11-24-12-20-27-13-22(2,3)14-28-20/h4-5,10-11,16,20-21,26H,6-7,12-14,23H2,1-3H3/b24-11?,25-19+. The second-order valence-electron chi connectivity index (χ2n) is 8.28. The van der Waals surface area contributed by atoms with Crippen molar-refractivity contribution in [2.75, 3.05) is 19.8 Å². The summed E-state index contributed by atoms with van der Waals surface area (Å²) in [5.41, 5.74) is 2.86. The predicted molar refractivity (Wildman–Crippen MR) is 110 cm³/mol. The van der Waals surface area contributed by atoms with Crippen LogP contribution in [0.3, 0.4) is 0 Å². The van der Waals surface area contributed by atoms with Crippen molar-refractivity contribution in [1.29, 1.82) is 0 Å². The largest absolute Gasteiger partial charge is 0.382 e. The molecule has 2 aliphatic rings. The van der Waals surface area contributed by atoms with Crippen molar-refractivity contribution in [2.24, 2.45) is 27.3 Å². The van der Waals surface area contributed by atoms with Gasteiger partial charge in [-0.15, -0.1) is 0 Å². The van der Waals surface area contributed by atoms with Crippen LogP contribution in [0.1, 0.15) is 49.5 Å². The van der Waals surface area contributed by atoms with E-state index in [1.54, 1.807) is 0 Å².